The van der Waals surface area contributed by atoms with Crippen molar-refractivity contribution in [2.24, 2.45) is 0 Å². The number of aliphatic hydroxyl groups is 1. The molecule has 1 aromatic heterocycles. The topological polar surface area (TPSA) is 42.4 Å². The summed E-state index contributed by atoms with van der Waals surface area (Å²) in [5.74, 6) is -1.27. The normalized spacial score (nSPS) is 11.5. The number of rotatable bonds is 4. The molecular formula is C14H11F4NO2. The van der Waals surface area contributed by atoms with Gasteiger partial charge in [-0.2, -0.15) is 13.2 Å². The Balaban J connectivity index is 2.20. The minimum absolute atomic E-state index is 0.0554. The Labute approximate surface area is 117 Å². The van der Waals surface area contributed by atoms with Crippen molar-refractivity contribution in [1.82, 2.24) is 4.98 Å². The lowest BCUT2D eigenvalue weighted by Crippen LogP contribution is -2.08. The number of hydrogen-bond donors (Lipinski definition) is 1. The van der Waals surface area contributed by atoms with E-state index in [0.717, 1.165) is 6.07 Å². The van der Waals surface area contributed by atoms with Crippen molar-refractivity contribution in [3.8, 4) is 11.5 Å². The number of aromatic nitrogens is 1. The molecule has 3 nitrogen and oxygen atoms in total. The number of aliphatic hydroxyl groups excluding tert-OH is 1. The van der Waals surface area contributed by atoms with Crippen LogP contribution in [-0.2, 0) is 12.6 Å². The quantitative estimate of drug-likeness (QED) is 0.878. The Morgan fingerprint density at radius 2 is 1.81 bits per heavy atom. The lowest BCUT2D eigenvalue weighted by molar-refractivity contribution is -0.140. The van der Waals surface area contributed by atoms with Crippen molar-refractivity contribution < 1.29 is 27.4 Å². The van der Waals surface area contributed by atoms with Gasteiger partial charge in [-0.1, -0.05) is 0 Å². The van der Waals surface area contributed by atoms with Gasteiger partial charge in [0.1, 0.15) is 17.3 Å². The van der Waals surface area contributed by atoms with Crippen LogP contribution in [0.3, 0.4) is 0 Å². The van der Waals surface area contributed by atoms with Crippen LogP contribution < -0.4 is 4.74 Å². The molecule has 1 aromatic carbocycles. The van der Waals surface area contributed by atoms with Crippen LogP contribution in [0.15, 0.2) is 36.5 Å². The fourth-order valence-electron chi connectivity index (χ4n) is 1.65. The first-order chi connectivity index (χ1) is 9.90. The van der Waals surface area contributed by atoms with Crippen LogP contribution in [0.1, 0.15) is 11.3 Å². The second-order valence-electron chi connectivity index (χ2n) is 4.20. The zero-order valence-electron chi connectivity index (χ0n) is 10.7. The van der Waals surface area contributed by atoms with Crippen molar-refractivity contribution in [2.75, 3.05) is 6.61 Å². The van der Waals surface area contributed by atoms with E-state index in [-0.39, 0.29) is 18.1 Å². The fraction of sp³-hybridized carbons (Fsp3) is 0.214. The molecule has 1 N–H and O–H groups in total. The van der Waals surface area contributed by atoms with E-state index in [1.807, 2.05) is 0 Å². The highest BCUT2D eigenvalue weighted by Gasteiger charge is 2.34. The van der Waals surface area contributed by atoms with E-state index in [1.165, 1.54) is 12.3 Å². The monoisotopic (exact) mass is 301 g/mol. The summed E-state index contributed by atoms with van der Waals surface area (Å²) in [5, 5.41) is 8.74. The maximum absolute atomic E-state index is 13.1. The molecule has 0 saturated heterocycles. The molecular weight excluding hydrogens is 290 g/mol. The van der Waals surface area contributed by atoms with E-state index in [9.17, 15) is 17.6 Å². The van der Waals surface area contributed by atoms with E-state index >= 15 is 0 Å². The lowest BCUT2D eigenvalue weighted by Gasteiger charge is -2.11. The van der Waals surface area contributed by atoms with E-state index in [4.69, 9.17) is 9.84 Å². The van der Waals surface area contributed by atoms with Gasteiger partial charge >= 0.3 is 6.18 Å². The van der Waals surface area contributed by atoms with Crippen molar-refractivity contribution in [2.45, 2.75) is 12.6 Å². The van der Waals surface area contributed by atoms with Gasteiger partial charge in [-0.15, -0.1) is 0 Å². The van der Waals surface area contributed by atoms with Crippen molar-refractivity contribution in [1.29, 1.82) is 0 Å². The second-order valence-corrected chi connectivity index (χ2v) is 4.20. The molecule has 0 aliphatic carbocycles. The molecule has 0 radical (unpaired) electrons. The van der Waals surface area contributed by atoms with Gasteiger partial charge in [-0.3, -0.25) is 4.98 Å². The molecule has 0 spiro atoms. The van der Waals surface area contributed by atoms with Crippen LogP contribution in [0.4, 0.5) is 17.6 Å². The highest BCUT2D eigenvalue weighted by atomic mass is 19.4. The van der Waals surface area contributed by atoms with Crippen molar-refractivity contribution >= 4 is 0 Å². The molecule has 112 valence electrons. The van der Waals surface area contributed by atoms with E-state index in [2.05, 4.69) is 4.98 Å². The van der Waals surface area contributed by atoms with E-state index in [0.29, 0.717) is 24.2 Å². The highest BCUT2D eigenvalue weighted by Crippen LogP contribution is 2.34. The zero-order chi connectivity index (χ0) is 15.5. The van der Waals surface area contributed by atoms with Crippen LogP contribution in [-0.4, -0.2) is 16.7 Å². The Morgan fingerprint density at radius 1 is 1.10 bits per heavy atom. The fourth-order valence-corrected chi connectivity index (χ4v) is 1.65. The van der Waals surface area contributed by atoms with E-state index in [1.54, 1.807) is 6.07 Å². The number of hydrogen-bond acceptors (Lipinski definition) is 3. The maximum atomic E-state index is 13.1. The standard InChI is InChI=1S/C14H11F4NO2/c15-13-4-3-10(7-12(13)14(16,17)18)21-11-2-1-9(5-6-20)19-8-11/h1-4,7-8,20H,5-6H2. The minimum Gasteiger partial charge on any atom is -0.456 e. The van der Waals surface area contributed by atoms with Crippen molar-refractivity contribution in [3.63, 3.8) is 0 Å². The third-order valence-corrected chi connectivity index (χ3v) is 2.64. The van der Waals surface area contributed by atoms with Gasteiger partial charge in [0.15, 0.2) is 0 Å². The summed E-state index contributed by atoms with van der Waals surface area (Å²) < 4.78 is 56.1. The largest absolute Gasteiger partial charge is 0.456 e. The van der Waals surface area contributed by atoms with Gasteiger partial charge in [-0.25, -0.2) is 4.39 Å². The van der Waals surface area contributed by atoms with Gasteiger partial charge < -0.3 is 9.84 Å². The van der Waals surface area contributed by atoms with Crippen LogP contribution in [0.25, 0.3) is 0 Å². The molecule has 1 heterocycles. The first-order valence-electron chi connectivity index (χ1n) is 6.00. The number of halogens is 4. The summed E-state index contributed by atoms with van der Waals surface area (Å²) in [6.07, 6.45) is -3.09. The number of benzene rings is 1. The summed E-state index contributed by atoms with van der Waals surface area (Å²) in [4.78, 5) is 3.97. The summed E-state index contributed by atoms with van der Waals surface area (Å²) in [7, 11) is 0. The molecule has 0 unspecified atom stereocenters. The van der Waals surface area contributed by atoms with Crippen LogP contribution >= 0.6 is 0 Å². The first-order valence-corrected chi connectivity index (χ1v) is 6.00. The predicted molar refractivity (Wildman–Crippen MR) is 66.5 cm³/mol. The maximum Gasteiger partial charge on any atom is 0.419 e. The molecule has 0 aliphatic heterocycles. The third-order valence-electron chi connectivity index (χ3n) is 2.64. The molecule has 2 aromatic rings. The predicted octanol–water partition coefficient (Wildman–Crippen LogP) is 3.57. The number of ether oxygens (including phenoxy) is 1. The molecule has 7 heteroatoms. The molecule has 21 heavy (non-hydrogen) atoms. The Bertz CT molecular complexity index is 611. The molecule has 0 amide bonds. The Kier molecular flexibility index (Phi) is 4.42. The SMILES string of the molecule is OCCc1ccc(Oc2ccc(F)c(C(F)(F)F)c2)cn1. The first kappa shape index (κ1) is 15.2. The highest BCUT2D eigenvalue weighted by molar-refractivity contribution is 5.35. The van der Waals surface area contributed by atoms with Gasteiger partial charge in [0.25, 0.3) is 0 Å². The number of alkyl halides is 3. The molecule has 2 rings (SSSR count). The number of nitrogens with zero attached hydrogens (tertiary/aromatic N) is 1. The minimum atomic E-state index is -4.79. The average Bonchev–Trinajstić information content (AvgIpc) is 2.42. The van der Waals surface area contributed by atoms with Gasteiger partial charge in [0, 0.05) is 18.7 Å². The van der Waals surface area contributed by atoms with Gasteiger partial charge in [0.05, 0.1) is 11.8 Å². The molecule has 0 atom stereocenters. The Morgan fingerprint density at radius 3 is 2.38 bits per heavy atom. The molecule has 0 saturated carbocycles. The summed E-state index contributed by atoms with van der Waals surface area (Å²) in [6.45, 7) is -0.0554. The molecule has 0 fully saturated rings. The van der Waals surface area contributed by atoms with Crippen LogP contribution in [0, 0.1) is 5.82 Å². The molecule has 0 bridgehead atoms. The summed E-state index contributed by atoms with van der Waals surface area (Å²) >= 11 is 0. The van der Waals surface area contributed by atoms with Crippen LogP contribution in [0.5, 0.6) is 11.5 Å². The number of pyridine rings is 1. The molecule has 0 aliphatic rings. The third kappa shape index (κ3) is 3.91. The lowest BCUT2D eigenvalue weighted by atomic mass is 10.2. The van der Waals surface area contributed by atoms with Gasteiger partial charge in [0.2, 0.25) is 0 Å². The summed E-state index contributed by atoms with van der Waals surface area (Å²) in [6, 6.07) is 5.49. The van der Waals surface area contributed by atoms with Crippen molar-refractivity contribution in [3.05, 3.63) is 53.6 Å². The van der Waals surface area contributed by atoms with E-state index < -0.39 is 17.6 Å². The van der Waals surface area contributed by atoms with Crippen LogP contribution in [0.2, 0.25) is 0 Å². The summed E-state index contributed by atoms with van der Waals surface area (Å²) in [5.41, 5.74) is -0.759. The average molecular weight is 301 g/mol. The van der Waals surface area contributed by atoms with Gasteiger partial charge in [-0.05, 0) is 30.3 Å². The Hall–Kier alpha value is -2.15. The second kappa shape index (κ2) is 6.09. The zero-order valence-corrected chi connectivity index (χ0v) is 10.7. The smallest absolute Gasteiger partial charge is 0.419 e.